The van der Waals surface area contributed by atoms with Crippen LogP contribution in [0.2, 0.25) is 0 Å². The Hall–Kier alpha value is -3.32. The molecule has 3 aromatic rings. The number of anilines is 1. The number of ether oxygens (including phenoxy) is 4. The highest BCUT2D eigenvalue weighted by Crippen LogP contribution is 2.41. The molecule has 0 radical (unpaired) electrons. The molecule has 0 spiro atoms. The number of thioether (sulfide) groups is 1. The SMILES string of the molecule is CCOC(=O)Cc1csc(NC(=O)CSc2nnc(-c3cc(OC)c(OC)c(OC)c3)n2CC)n1. The van der Waals surface area contributed by atoms with Gasteiger partial charge in [0.2, 0.25) is 11.7 Å². The van der Waals surface area contributed by atoms with E-state index in [1.165, 1.54) is 23.1 Å². The highest BCUT2D eigenvalue weighted by atomic mass is 32.2. The van der Waals surface area contributed by atoms with E-state index in [9.17, 15) is 9.59 Å². The molecule has 0 bridgehead atoms. The molecule has 13 heteroatoms. The van der Waals surface area contributed by atoms with E-state index >= 15 is 0 Å². The van der Waals surface area contributed by atoms with Crippen LogP contribution in [0.3, 0.4) is 0 Å². The summed E-state index contributed by atoms with van der Waals surface area (Å²) >= 11 is 2.51. The highest BCUT2D eigenvalue weighted by Gasteiger charge is 2.20. The fourth-order valence-electron chi connectivity index (χ4n) is 3.20. The number of carbonyl (C=O) groups excluding carboxylic acids is 2. The van der Waals surface area contributed by atoms with E-state index in [-0.39, 0.29) is 24.1 Å². The number of hydrogen-bond acceptors (Lipinski definition) is 11. The van der Waals surface area contributed by atoms with Gasteiger partial charge in [0.15, 0.2) is 27.6 Å². The average molecular weight is 522 g/mol. The summed E-state index contributed by atoms with van der Waals surface area (Å²) < 4.78 is 23.1. The van der Waals surface area contributed by atoms with Gasteiger partial charge in [-0.15, -0.1) is 21.5 Å². The van der Waals surface area contributed by atoms with Gasteiger partial charge in [-0.05, 0) is 26.0 Å². The number of aromatic nitrogens is 4. The first-order valence-corrected chi connectivity index (χ1v) is 12.6. The number of esters is 1. The molecule has 0 aliphatic heterocycles. The van der Waals surface area contributed by atoms with Crippen molar-refractivity contribution in [3.63, 3.8) is 0 Å². The van der Waals surface area contributed by atoms with Gasteiger partial charge in [0, 0.05) is 17.5 Å². The summed E-state index contributed by atoms with van der Waals surface area (Å²) in [5, 5.41) is 14.1. The van der Waals surface area contributed by atoms with E-state index in [1.807, 2.05) is 11.5 Å². The Morgan fingerprint density at radius 3 is 2.40 bits per heavy atom. The number of methoxy groups -OCH3 is 3. The molecule has 0 saturated heterocycles. The third-order valence-corrected chi connectivity index (χ3v) is 6.49. The van der Waals surface area contributed by atoms with E-state index in [4.69, 9.17) is 18.9 Å². The van der Waals surface area contributed by atoms with Crippen molar-refractivity contribution in [2.75, 3.05) is 39.0 Å². The van der Waals surface area contributed by atoms with Gasteiger partial charge in [0.05, 0.1) is 45.8 Å². The van der Waals surface area contributed by atoms with E-state index in [1.54, 1.807) is 45.8 Å². The minimum absolute atomic E-state index is 0.0677. The van der Waals surface area contributed by atoms with Crippen molar-refractivity contribution < 1.29 is 28.5 Å². The van der Waals surface area contributed by atoms with Crippen molar-refractivity contribution in [2.24, 2.45) is 0 Å². The van der Waals surface area contributed by atoms with Crippen molar-refractivity contribution in [2.45, 2.75) is 32.0 Å². The fraction of sp³-hybridized carbons (Fsp3) is 0.409. The first-order chi connectivity index (χ1) is 16.9. The predicted molar refractivity (Wildman–Crippen MR) is 133 cm³/mol. The summed E-state index contributed by atoms with van der Waals surface area (Å²) in [5.41, 5.74) is 1.29. The van der Waals surface area contributed by atoms with Crippen molar-refractivity contribution in [3.05, 3.63) is 23.2 Å². The fourth-order valence-corrected chi connectivity index (χ4v) is 4.72. The zero-order chi connectivity index (χ0) is 25.4. The van der Waals surface area contributed by atoms with Crippen LogP contribution in [0.15, 0.2) is 22.7 Å². The second-order valence-electron chi connectivity index (χ2n) is 6.93. The molecule has 2 aromatic heterocycles. The van der Waals surface area contributed by atoms with Crippen LogP contribution in [0.25, 0.3) is 11.4 Å². The number of rotatable bonds is 12. The smallest absolute Gasteiger partial charge is 0.311 e. The van der Waals surface area contributed by atoms with Crippen LogP contribution in [0, 0.1) is 0 Å². The zero-order valence-electron chi connectivity index (χ0n) is 20.1. The van der Waals surface area contributed by atoms with Crippen LogP contribution in [0.4, 0.5) is 5.13 Å². The molecular weight excluding hydrogens is 494 g/mol. The number of nitrogens with zero attached hydrogens (tertiary/aromatic N) is 4. The Morgan fingerprint density at radius 2 is 1.80 bits per heavy atom. The third kappa shape index (κ3) is 6.42. The monoisotopic (exact) mass is 521 g/mol. The van der Waals surface area contributed by atoms with E-state index < -0.39 is 0 Å². The van der Waals surface area contributed by atoms with Gasteiger partial charge in [-0.1, -0.05) is 11.8 Å². The Kier molecular flexibility index (Phi) is 9.32. The molecule has 0 unspecified atom stereocenters. The Balaban J connectivity index is 1.69. The van der Waals surface area contributed by atoms with Gasteiger partial charge in [0.1, 0.15) is 0 Å². The van der Waals surface area contributed by atoms with Crippen LogP contribution < -0.4 is 19.5 Å². The predicted octanol–water partition coefficient (Wildman–Crippen LogP) is 3.28. The third-order valence-electron chi connectivity index (χ3n) is 4.72. The maximum atomic E-state index is 12.5. The number of thiazole rings is 1. The minimum Gasteiger partial charge on any atom is -0.493 e. The lowest BCUT2D eigenvalue weighted by Gasteiger charge is -2.14. The van der Waals surface area contributed by atoms with Gasteiger partial charge >= 0.3 is 5.97 Å². The summed E-state index contributed by atoms with van der Waals surface area (Å²) in [6.45, 7) is 4.62. The Bertz CT molecular complexity index is 1150. The Labute approximate surface area is 211 Å². The first kappa shape index (κ1) is 26.3. The van der Waals surface area contributed by atoms with E-state index in [2.05, 4.69) is 20.5 Å². The van der Waals surface area contributed by atoms with Gasteiger partial charge in [-0.25, -0.2) is 4.98 Å². The number of carbonyl (C=O) groups is 2. The molecule has 1 amide bonds. The number of benzene rings is 1. The molecule has 0 saturated carbocycles. The van der Waals surface area contributed by atoms with Gasteiger partial charge in [-0.3, -0.25) is 9.59 Å². The second-order valence-corrected chi connectivity index (χ2v) is 8.73. The molecule has 1 N–H and O–H groups in total. The van der Waals surface area contributed by atoms with E-state index in [0.29, 0.717) is 52.2 Å². The van der Waals surface area contributed by atoms with Gasteiger partial charge < -0.3 is 28.8 Å². The summed E-state index contributed by atoms with van der Waals surface area (Å²) in [6.07, 6.45) is 0.0677. The van der Waals surface area contributed by atoms with Crippen LogP contribution >= 0.6 is 23.1 Å². The lowest BCUT2D eigenvalue weighted by molar-refractivity contribution is -0.142. The molecule has 3 rings (SSSR count). The molecule has 188 valence electrons. The second kappa shape index (κ2) is 12.4. The number of nitrogens with one attached hydrogen (secondary N) is 1. The summed E-state index contributed by atoms with van der Waals surface area (Å²) in [4.78, 5) is 28.3. The van der Waals surface area contributed by atoms with Crippen molar-refractivity contribution in [1.29, 1.82) is 0 Å². The normalized spacial score (nSPS) is 10.7. The topological polar surface area (TPSA) is 127 Å². The van der Waals surface area contributed by atoms with Crippen molar-refractivity contribution >= 4 is 40.1 Å². The van der Waals surface area contributed by atoms with E-state index in [0.717, 1.165) is 5.56 Å². The number of hydrogen-bond donors (Lipinski definition) is 1. The lowest BCUT2D eigenvalue weighted by Crippen LogP contribution is -2.15. The quantitative estimate of drug-likeness (QED) is 0.280. The number of amides is 1. The molecule has 0 atom stereocenters. The molecule has 0 aliphatic carbocycles. The van der Waals surface area contributed by atoms with Gasteiger partial charge in [0.25, 0.3) is 0 Å². The molecule has 0 aliphatic rings. The molecule has 2 heterocycles. The van der Waals surface area contributed by atoms with Crippen LogP contribution in [0.5, 0.6) is 17.2 Å². The average Bonchev–Trinajstić information content (AvgIpc) is 3.47. The first-order valence-electron chi connectivity index (χ1n) is 10.7. The van der Waals surface area contributed by atoms with Crippen molar-refractivity contribution in [1.82, 2.24) is 19.7 Å². The van der Waals surface area contributed by atoms with Crippen LogP contribution in [-0.4, -0.2) is 65.3 Å². The summed E-state index contributed by atoms with van der Waals surface area (Å²) in [6, 6.07) is 3.60. The molecule has 1 aromatic carbocycles. The Morgan fingerprint density at radius 1 is 1.09 bits per heavy atom. The maximum Gasteiger partial charge on any atom is 0.311 e. The zero-order valence-corrected chi connectivity index (χ0v) is 21.7. The largest absolute Gasteiger partial charge is 0.493 e. The van der Waals surface area contributed by atoms with Crippen LogP contribution in [-0.2, 0) is 27.3 Å². The van der Waals surface area contributed by atoms with Crippen molar-refractivity contribution in [3.8, 4) is 28.6 Å². The van der Waals surface area contributed by atoms with Gasteiger partial charge in [-0.2, -0.15) is 0 Å². The standard InChI is InChI=1S/C22H27N5O6S2/c1-6-27-20(13-8-15(30-3)19(32-5)16(9-13)31-4)25-26-22(27)35-12-17(28)24-21-23-14(11-34-21)10-18(29)33-7-2/h8-9,11H,6-7,10,12H2,1-5H3,(H,23,24,28). The molecule has 0 fully saturated rings. The van der Waals surface area contributed by atoms with Crippen LogP contribution in [0.1, 0.15) is 19.5 Å². The lowest BCUT2D eigenvalue weighted by atomic mass is 10.1. The highest BCUT2D eigenvalue weighted by molar-refractivity contribution is 7.99. The maximum absolute atomic E-state index is 12.5. The molecule has 35 heavy (non-hydrogen) atoms. The summed E-state index contributed by atoms with van der Waals surface area (Å²) in [7, 11) is 4.64. The minimum atomic E-state index is -0.354. The summed E-state index contributed by atoms with van der Waals surface area (Å²) in [5.74, 6) is 1.62. The molecular formula is C22H27N5O6S2. The molecule has 11 nitrogen and oxygen atoms in total.